The van der Waals surface area contributed by atoms with Crippen molar-refractivity contribution < 1.29 is 0 Å². The van der Waals surface area contributed by atoms with E-state index in [1.165, 1.54) is 30.9 Å². The van der Waals surface area contributed by atoms with Crippen molar-refractivity contribution in [3.63, 3.8) is 0 Å². The van der Waals surface area contributed by atoms with Gasteiger partial charge in [-0.3, -0.25) is 13.9 Å². The summed E-state index contributed by atoms with van der Waals surface area (Å²) in [5.41, 5.74) is 2.31. The van der Waals surface area contributed by atoms with Crippen molar-refractivity contribution in [1.82, 2.24) is 29.1 Å². The Kier molecular flexibility index (Phi) is 5.83. The molecule has 0 saturated heterocycles. The highest BCUT2D eigenvalue weighted by atomic mass is 16.2. The Morgan fingerprint density at radius 1 is 0.800 bits per heavy atom. The molecule has 4 rings (SSSR count). The molecule has 0 atom stereocenters. The molecule has 0 spiro atoms. The number of hydrogen-bond acceptors (Lipinski definition) is 4. The number of aromatic nitrogens is 6. The summed E-state index contributed by atoms with van der Waals surface area (Å²) in [5.74, 6) is 1.84. The zero-order chi connectivity index (χ0) is 21.1. The fraction of sp³-hybridized carbons (Fsp3) is 0.455. The molecule has 8 nitrogen and oxygen atoms in total. The summed E-state index contributed by atoms with van der Waals surface area (Å²) in [7, 11) is 3.12. The predicted molar refractivity (Wildman–Crippen MR) is 118 cm³/mol. The highest BCUT2D eigenvalue weighted by Crippen LogP contribution is 2.14. The van der Waals surface area contributed by atoms with Gasteiger partial charge in [0.1, 0.15) is 17.2 Å². The smallest absolute Gasteiger partial charge is 0.332 e. The number of aromatic amines is 2. The Bertz CT molecular complexity index is 1240. The minimum absolute atomic E-state index is 0.323. The zero-order valence-electron chi connectivity index (χ0n) is 17.6. The quantitative estimate of drug-likeness (QED) is 0.416. The maximum Gasteiger partial charge on any atom is 0.332 e. The number of fused-ring (bicyclic) bond motifs is 2. The summed E-state index contributed by atoms with van der Waals surface area (Å²) in [4.78, 5) is 39.8. The van der Waals surface area contributed by atoms with Crippen LogP contribution in [0.1, 0.15) is 50.2 Å². The van der Waals surface area contributed by atoms with E-state index in [-0.39, 0.29) is 11.2 Å². The maximum absolute atomic E-state index is 12.2. The van der Waals surface area contributed by atoms with Crippen LogP contribution in [0.4, 0.5) is 0 Å². The Balaban J connectivity index is 1.18. The summed E-state index contributed by atoms with van der Waals surface area (Å²) >= 11 is 0. The Hall–Kier alpha value is -3.16. The molecule has 3 heterocycles. The van der Waals surface area contributed by atoms with Gasteiger partial charge in [0.05, 0.1) is 11.0 Å². The van der Waals surface area contributed by atoms with E-state index in [0.29, 0.717) is 11.2 Å². The average Bonchev–Trinajstić information content (AvgIpc) is 3.36. The molecule has 30 heavy (non-hydrogen) atoms. The van der Waals surface area contributed by atoms with Crippen LogP contribution >= 0.6 is 0 Å². The molecule has 0 saturated carbocycles. The first-order valence-electron chi connectivity index (χ1n) is 10.6. The van der Waals surface area contributed by atoms with Gasteiger partial charge in [-0.15, -0.1) is 0 Å². The van der Waals surface area contributed by atoms with Gasteiger partial charge in [0.25, 0.3) is 5.56 Å². The molecule has 3 aromatic heterocycles. The van der Waals surface area contributed by atoms with Crippen LogP contribution in [0.5, 0.6) is 0 Å². The van der Waals surface area contributed by atoms with Crippen LogP contribution in [0.25, 0.3) is 22.2 Å². The fourth-order valence-electron chi connectivity index (χ4n) is 3.91. The van der Waals surface area contributed by atoms with Crippen molar-refractivity contribution in [1.29, 1.82) is 0 Å². The van der Waals surface area contributed by atoms with E-state index in [1.807, 2.05) is 18.2 Å². The standard InChI is InChI=1S/C22H28N6O2/c1-27-20-19(21(29)28(2)22(27)30)25-18(26-20)14-8-6-4-3-5-7-13-17-23-15-11-9-10-12-16(15)24-17/h9-12H,3-8,13-14H2,1-2H3,(H,23,24)(H,25,26). The third kappa shape index (κ3) is 4.08. The lowest BCUT2D eigenvalue weighted by Crippen LogP contribution is -2.36. The number of hydrogen-bond donors (Lipinski definition) is 2. The lowest BCUT2D eigenvalue weighted by atomic mass is 10.1. The number of nitrogens with one attached hydrogen (secondary N) is 2. The lowest BCUT2D eigenvalue weighted by Gasteiger charge is -2.01. The van der Waals surface area contributed by atoms with Gasteiger partial charge >= 0.3 is 5.69 Å². The van der Waals surface area contributed by atoms with E-state index in [4.69, 9.17) is 0 Å². The molecule has 2 N–H and O–H groups in total. The first kappa shape index (κ1) is 20.1. The number of unbranched alkanes of at least 4 members (excludes halogenated alkanes) is 5. The summed E-state index contributed by atoms with van der Waals surface area (Å²) < 4.78 is 2.52. The topological polar surface area (TPSA) is 101 Å². The second-order valence-electron chi connectivity index (χ2n) is 7.91. The Morgan fingerprint density at radius 3 is 2.13 bits per heavy atom. The predicted octanol–water partition coefficient (Wildman–Crippen LogP) is 2.96. The van der Waals surface area contributed by atoms with E-state index >= 15 is 0 Å². The van der Waals surface area contributed by atoms with Crippen molar-refractivity contribution in [3.05, 3.63) is 56.8 Å². The molecule has 0 aliphatic carbocycles. The number of para-hydroxylation sites is 2. The first-order chi connectivity index (χ1) is 14.5. The monoisotopic (exact) mass is 408 g/mol. The number of benzene rings is 1. The highest BCUT2D eigenvalue weighted by Gasteiger charge is 2.13. The number of aryl methyl sites for hydroxylation is 3. The first-order valence-corrected chi connectivity index (χ1v) is 10.6. The van der Waals surface area contributed by atoms with Crippen molar-refractivity contribution >= 4 is 22.2 Å². The van der Waals surface area contributed by atoms with Crippen LogP contribution in [0.3, 0.4) is 0 Å². The van der Waals surface area contributed by atoms with Crippen molar-refractivity contribution in [3.8, 4) is 0 Å². The van der Waals surface area contributed by atoms with Crippen LogP contribution < -0.4 is 11.2 Å². The minimum Gasteiger partial charge on any atom is -0.342 e. The molecule has 158 valence electrons. The van der Waals surface area contributed by atoms with E-state index in [0.717, 1.165) is 59.4 Å². The molecule has 0 fully saturated rings. The molecule has 1 aromatic carbocycles. The molecule has 0 radical (unpaired) electrons. The van der Waals surface area contributed by atoms with E-state index < -0.39 is 0 Å². The number of imidazole rings is 2. The third-order valence-electron chi connectivity index (χ3n) is 5.66. The lowest BCUT2D eigenvalue weighted by molar-refractivity contribution is 0.586. The van der Waals surface area contributed by atoms with Crippen LogP contribution in [-0.2, 0) is 26.9 Å². The molecule has 0 aliphatic heterocycles. The van der Waals surface area contributed by atoms with Gasteiger partial charge in [0, 0.05) is 26.9 Å². The summed E-state index contributed by atoms with van der Waals surface area (Å²) in [6.07, 6.45) is 8.62. The molecule has 0 amide bonds. The second-order valence-corrected chi connectivity index (χ2v) is 7.91. The van der Waals surface area contributed by atoms with E-state index in [2.05, 4.69) is 26.0 Å². The van der Waals surface area contributed by atoms with Crippen LogP contribution in [0.15, 0.2) is 33.9 Å². The van der Waals surface area contributed by atoms with E-state index in [1.54, 1.807) is 7.05 Å². The third-order valence-corrected chi connectivity index (χ3v) is 5.66. The second kappa shape index (κ2) is 8.69. The molecule has 0 aliphatic rings. The van der Waals surface area contributed by atoms with Gasteiger partial charge in [0.2, 0.25) is 0 Å². The van der Waals surface area contributed by atoms with Crippen molar-refractivity contribution in [2.75, 3.05) is 0 Å². The summed E-state index contributed by atoms with van der Waals surface area (Å²) in [6.45, 7) is 0. The average molecular weight is 409 g/mol. The van der Waals surface area contributed by atoms with Gasteiger partial charge in [-0.2, -0.15) is 0 Å². The largest absolute Gasteiger partial charge is 0.342 e. The summed E-state index contributed by atoms with van der Waals surface area (Å²) in [6, 6.07) is 8.13. The highest BCUT2D eigenvalue weighted by molar-refractivity contribution is 5.74. The zero-order valence-corrected chi connectivity index (χ0v) is 17.6. The Morgan fingerprint density at radius 2 is 1.43 bits per heavy atom. The number of H-pyrrole nitrogens is 2. The minimum atomic E-state index is -0.354. The van der Waals surface area contributed by atoms with Gasteiger partial charge in [-0.25, -0.2) is 14.8 Å². The molecular formula is C22H28N6O2. The SMILES string of the molecule is Cn1c(=O)c2[nH]c(CCCCCCCCc3nc4ccccc4[nH]3)nc2n(C)c1=O. The van der Waals surface area contributed by atoms with Gasteiger partial charge in [-0.1, -0.05) is 37.8 Å². The normalized spacial score (nSPS) is 11.7. The molecule has 0 bridgehead atoms. The molecule has 4 aromatic rings. The summed E-state index contributed by atoms with van der Waals surface area (Å²) in [5, 5.41) is 0. The molecule has 8 heteroatoms. The number of nitrogens with zero attached hydrogens (tertiary/aromatic N) is 4. The van der Waals surface area contributed by atoms with Crippen molar-refractivity contribution in [2.45, 2.75) is 51.4 Å². The number of rotatable bonds is 9. The van der Waals surface area contributed by atoms with Crippen molar-refractivity contribution in [2.24, 2.45) is 14.1 Å². The molecular weight excluding hydrogens is 380 g/mol. The fourth-order valence-corrected chi connectivity index (χ4v) is 3.91. The van der Waals surface area contributed by atoms with Crippen LogP contribution in [-0.4, -0.2) is 29.1 Å². The van der Waals surface area contributed by atoms with Gasteiger partial charge < -0.3 is 9.97 Å². The van der Waals surface area contributed by atoms with E-state index in [9.17, 15) is 9.59 Å². The van der Waals surface area contributed by atoms with Gasteiger partial charge in [0.15, 0.2) is 5.65 Å². The van der Waals surface area contributed by atoms with Gasteiger partial charge in [-0.05, 0) is 25.0 Å². The van der Waals surface area contributed by atoms with Crippen LogP contribution in [0.2, 0.25) is 0 Å². The molecule has 0 unspecified atom stereocenters. The maximum atomic E-state index is 12.2. The Labute approximate surface area is 174 Å². The van der Waals surface area contributed by atoms with Crippen LogP contribution in [0, 0.1) is 0 Å².